The quantitative estimate of drug-likeness (QED) is 0.813. The number of carbonyl (C=O) groups is 1. The number of carboxylic acids is 1. The van der Waals surface area contributed by atoms with E-state index in [4.69, 9.17) is 5.11 Å². The Morgan fingerprint density at radius 3 is 2.80 bits per heavy atom. The van der Waals surface area contributed by atoms with Crippen LogP contribution in [0.15, 0.2) is 5.38 Å². The highest BCUT2D eigenvalue weighted by atomic mass is 32.1. The molecule has 2 N–H and O–H groups in total. The van der Waals surface area contributed by atoms with E-state index >= 15 is 0 Å². The van der Waals surface area contributed by atoms with Crippen LogP contribution in [0.3, 0.4) is 0 Å². The number of anilines is 1. The molecule has 4 nitrogen and oxygen atoms in total. The second-order valence-electron chi connectivity index (χ2n) is 3.66. The molecule has 5 heteroatoms. The van der Waals surface area contributed by atoms with Gasteiger partial charge < -0.3 is 10.4 Å². The number of thiazole rings is 1. The molecule has 0 aliphatic heterocycles. The molecule has 15 heavy (non-hydrogen) atoms. The molecule has 0 saturated carbocycles. The zero-order valence-electron chi connectivity index (χ0n) is 9.15. The summed E-state index contributed by atoms with van der Waals surface area (Å²) in [6, 6.07) is 0.308. The molecule has 0 saturated heterocycles. The number of nitrogens with zero attached hydrogens (tertiary/aromatic N) is 1. The van der Waals surface area contributed by atoms with Crippen molar-refractivity contribution in [2.75, 3.05) is 5.32 Å². The Hall–Kier alpha value is -1.10. The third-order valence-corrected chi connectivity index (χ3v) is 3.35. The summed E-state index contributed by atoms with van der Waals surface area (Å²) in [5, 5.41) is 14.1. The molecule has 1 heterocycles. The molecular weight excluding hydrogens is 212 g/mol. The Morgan fingerprint density at radius 1 is 1.67 bits per heavy atom. The van der Waals surface area contributed by atoms with Gasteiger partial charge in [0.2, 0.25) is 0 Å². The third kappa shape index (κ3) is 3.20. The number of aromatic nitrogens is 1. The van der Waals surface area contributed by atoms with E-state index < -0.39 is 5.97 Å². The highest BCUT2D eigenvalue weighted by Crippen LogP contribution is 2.19. The van der Waals surface area contributed by atoms with Gasteiger partial charge in [0.25, 0.3) is 0 Å². The first kappa shape index (κ1) is 12.0. The SMILES string of the molecule is CCC(C)C(C)Nc1nc(C(=O)O)cs1. The number of hydrogen-bond acceptors (Lipinski definition) is 4. The van der Waals surface area contributed by atoms with Crippen LogP contribution in [0.4, 0.5) is 5.13 Å². The largest absolute Gasteiger partial charge is 0.476 e. The second-order valence-corrected chi connectivity index (χ2v) is 4.52. The lowest BCUT2D eigenvalue weighted by molar-refractivity contribution is 0.0691. The first-order chi connectivity index (χ1) is 7.04. The van der Waals surface area contributed by atoms with E-state index in [1.54, 1.807) is 5.38 Å². The fourth-order valence-electron chi connectivity index (χ4n) is 1.13. The van der Waals surface area contributed by atoms with Crippen molar-refractivity contribution in [2.45, 2.75) is 33.2 Å². The zero-order chi connectivity index (χ0) is 11.4. The summed E-state index contributed by atoms with van der Waals surface area (Å²) in [7, 11) is 0. The molecule has 0 aliphatic rings. The zero-order valence-corrected chi connectivity index (χ0v) is 9.97. The lowest BCUT2D eigenvalue weighted by Crippen LogP contribution is -2.23. The molecule has 0 aromatic carbocycles. The van der Waals surface area contributed by atoms with E-state index in [1.165, 1.54) is 11.3 Å². The summed E-state index contributed by atoms with van der Waals surface area (Å²) in [5.41, 5.74) is 0.110. The predicted octanol–water partition coefficient (Wildman–Crippen LogP) is 2.69. The number of rotatable bonds is 5. The minimum absolute atomic E-state index is 0.110. The second kappa shape index (κ2) is 5.11. The monoisotopic (exact) mass is 228 g/mol. The Balaban J connectivity index is 2.61. The maximum Gasteiger partial charge on any atom is 0.355 e. The van der Waals surface area contributed by atoms with Gasteiger partial charge in [0, 0.05) is 11.4 Å². The van der Waals surface area contributed by atoms with Crippen LogP contribution in [0.5, 0.6) is 0 Å². The Kier molecular flexibility index (Phi) is 4.08. The van der Waals surface area contributed by atoms with E-state index in [1.807, 2.05) is 0 Å². The molecule has 2 atom stereocenters. The van der Waals surface area contributed by atoms with Gasteiger partial charge in [0.15, 0.2) is 10.8 Å². The van der Waals surface area contributed by atoms with Gasteiger partial charge in [-0.1, -0.05) is 20.3 Å². The molecule has 0 fully saturated rings. The van der Waals surface area contributed by atoms with Gasteiger partial charge in [-0.2, -0.15) is 0 Å². The summed E-state index contributed by atoms with van der Waals surface area (Å²) in [4.78, 5) is 14.6. The van der Waals surface area contributed by atoms with Crippen molar-refractivity contribution in [1.82, 2.24) is 4.98 Å². The van der Waals surface area contributed by atoms with Crippen molar-refractivity contribution in [2.24, 2.45) is 5.92 Å². The van der Waals surface area contributed by atoms with E-state index in [0.717, 1.165) is 6.42 Å². The van der Waals surface area contributed by atoms with Crippen molar-refractivity contribution in [3.8, 4) is 0 Å². The third-order valence-electron chi connectivity index (χ3n) is 2.57. The van der Waals surface area contributed by atoms with Gasteiger partial charge in [0.05, 0.1) is 0 Å². The fourth-order valence-corrected chi connectivity index (χ4v) is 1.91. The van der Waals surface area contributed by atoms with Crippen molar-refractivity contribution >= 4 is 22.4 Å². The highest BCUT2D eigenvalue weighted by Gasteiger charge is 2.13. The summed E-state index contributed by atoms with van der Waals surface area (Å²) in [6.07, 6.45) is 1.09. The maximum atomic E-state index is 10.6. The van der Waals surface area contributed by atoms with Crippen LogP contribution >= 0.6 is 11.3 Å². The number of hydrogen-bond donors (Lipinski definition) is 2. The molecule has 1 aromatic rings. The standard InChI is InChI=1S/C10H16N2O2S/c1-4-6(2)7(3)11-10-12-8(5-15-10)9(13)14/h5-7H,4H2,1-3H3,(H,11,12)(H,13,14). The number of aromatic carboxylic acids is 1. The van der Waals surface area contributed by atoms with Crippen LogP contribution in [-0.2, 0) is 0 Å². The number of nitrogens with one attached hydrogen (secondary N) is 1. The van der Waals surface area contributed by atoms with Crippen molar-refractivity contribution in [3.05, 3.63) is 11.1 Å². The van der Waals surface area contributed by atoms with Crippen LogP contribution in [0, 0.1) is 5.92 Å². The first-order valence-corrected chi connectivity index (χ1v) is 5.88. The van der Waals surface area contributed by atoms with Gasteiger partial charge >= 0.3 is 5.97 Å². The molecule has 0 radical (unpaired) electrons. The van der Waals surface area contributed by atoms with Crippen LogP contribution in [0.2, 0.25) is 0 Å². The lowest BCUT2D eigenvalue weighted by atomic mass is 10.0. The topological polar surface area (TPSA) is 62.2 Å². The number of carboxylic acid groups (broad SMARTS) is 1. The Labute approximate surface area is 93.4 Å². The van der Waals surface area contributed by atoms with Gasteiger partial charge in [-0.25, -0.2) is 9.78 Å². The molecule has 0 amide bonds. The van der Waals surface area contributed by atoms with E-state index in [0.29, 0.717) is 17.1 Å². The molecule has 0 spiro atoms. The van der Waals surface area contributed by atoms with E-state index in [2.05, 4.69) is 31.1 Å². The summed E-state index contributed by atoms with van der Waals surface area (Å²) in [5.74, 6) is -0.433. The highest BCUT2D eigenvalue weighted by molar-refractivity contribution is 7.13. The summed E-state index contributed by atoms with van der Waals surface area (Å²) >= 11 is 1.33. The maximum absolute atomic E-state index is 10.6. The molecule has 1 aromatic heterocycles. The van der Waals surface area contributed by atoms with E-state index in [-0.39, 0.29) is 5.69 Å². The summed E-state index contributed by atoms with van der Waals surface area (Å²) < 4.78 is 0. The molecule has 1 rings (SSSR count). The lowest BCUT2D eigenvalue weighted by Gasteiger charge is -2.18. The van der Waals surface area contributed by atoms with Gasteiger partial charge in [0.1, 0.15) is 0 Å². The van der Waals surface area contributed by atoms with Crippen LogP contribution in [0.25, 0.3) is 0 Å². The molecule has 84 valence electrons. The molecule has 2 unspecified atom stereocenters. The average Bonchev–Trinajstić information content (AvgIpc) is 2.65. The van der Waals surface area contributed by atoms with E-state index in [9.17, 15) is 4.79 Å². The Morgan fingerprint density at radius 2 is 2.33 bits per heavy atom. The van der Waals surface area contributed by atoms with Crippen molar-refractivity contribution < 1.29 is 9.90 Å². The Bertz CT molecular complexity index is 338. The smallest absolute Gasteiger partial charge is 0.355 e. The van der Waals surface area contributed by atoms with Crippen LogP contribution in [-0.4, -0.2) is 22.1 Å². The normalized spacial score (nSPS) is 14.6. The molecule has 0 bridgehead atoms. The molecule has 0 aliphatic carbocycles. The minimum Gasteiger partial charge on any atom is -0.476 e. The van der Waals surface area contributed by atoms with Crippen LogP contribution in [0.1, 0.15) is 37.7 Å². The average molecular weight is 228 g/mol. The van der Waals surface area contributed by atoms with Crippen molar-refractivity contribution in [3.63, 3.8) is 0 Å². The first-order valence-electron chi connectivity index (χ1n) is 5.00. The fraction of sp³-hybridized carbons (Fsp3) is 0.600. The van der Waals surface area contributed by atoms with Crippen LogP contribution < -0.4 is 5.32 Å². The van der Waals surface area contributed by atoms with Gasteiger partial charge in [-0.15, -0.1) is 11.3 Å². The van der Waals surface area contributed by atoms with Gasteiger partial charge in [-0.3, -0.25) is 0 Å². The van der Waals surface area contributed by atoms with Crippen molar-refractivity contribution in [1.29, 1.82) is 0 Å². The summed E-state index contributed by atoms with van der Waals surface area (Å²) in [6.45, 7) is 6.37. The van der Waals surface area contributed by atoms with Gasteiger partial charge in [-0.05, 0) is 12.8 Å². The minimum atomic E-state index is -0.976. The predicted molar refractivity (Wildman–Crippen MR) is 61.6 cm³/mol. The molecular formula is C10H16N2O2S.